The first-order valence-corrected chi connectivity index (χ1v) is 14.7. The molecule has 3 heteroatoms. The van der Waals surface area contributed by atoms with E-state index < -0.39 is 16.4 Å². The lowest BCUT2D eigenvalue weighted by molar-refractivity contribution is 0.434. The fourth-order valence-corrected chi connectivity index (χ4v) is 10.5. The fraction of sp³-hybridized carbons (Fsp3) is 0.600. The van der Waals surface area contributed by atoms with Crippen molar-refractivity contribution < 1.29 is 4.43 Å². The van der Waals surface area contributed by atoms with Crippen LogP contribution in [0.3, 0.4) is 0 Å². The minimum Gasteiger partial charge on any atom is -0.550 e. The molecule has 1 rings (SSSR count). The topological polar surface area (TPSA) is 9.23 Å². The van der Waals surface area contributed by atoms with Crippen molar-refractivity contribution in [2.45, 2.75) is 77.8 Å². The van der Waals surface area contributed by atoms with Crippen molar-refractivity contribution in [3.05, 3.63) is 41.3 Å². The summed E-state index contributed by atoms with van der Waals surface area (Å²) >= 11 is 0. The summed E-state index contributed by atoms with van der Waals surface area (Å²) < 4.78 is 6.99. The van der Waals surface area contributed by atoms with Crippen LogP contribution < -0.4 is 0 Å². The van der Waals surface area contributed by atoms with Gasteiger partial charge in [0.05, 0.1) is 5.38 Å². The van der Waals surface area contributed by atoms with Gasteiger partial charge in [0.25, 0.3) is 0 Å². The average molecular weight is 349 g/mol. The van der Waals surface area contributed by atoms with Gasteiger partial charge in [-0.2, -0.15) is 0 Å². The first-order chi connectivity index (χ1) is 11.0. The molecule has 0 aliphatic carbocycles. The van der Waals surface area contributed by atoms with Crippen LogP contribution >= 0.6 is 0 Å². The molecule has 0 amide bonds. The average Bonchev–Trinajstić information content (AvgIpc) is 2.62. The maximum Gasteiger partial charge on any atom is 0.249 e. The summed E-state index contributed by atoms with van der Waals surface area (Å²) in [6.45, 7) is 14.1. The molecule has 0 bridgehead atoms. The maximum atomic E-state index is 6.99. The highest BCUT2D eigenvalue weighted by Crippen LogP contribution is 2.35. The lowest BCUT2D eigenvalue weighted by Crippen LogP contribution is -2.44. The maximum absolute atomic E-state index is 6.99. The summed E-state index contributed by atoms with van der Waals surface area (Å²) in [5.41, 5.74) is 1.29. The molecule has 0 aromatic heterocycles. The molecule has 0 unspecified atom stereocenters. The van der Waals surface area contributed by atoms with Gasteiger partial charge in [-0.25, -0.2) is 0 Å². The van der Waals surface area contributed by atoms with Gasteiger partial charge in [0.15, 0.2) is 0 Å². The quantitative estimate of drug-likeness (QED) is 0.324. The molecule has 0 saturated carbocycles. The van der Waals surface area contributed by atoms with E-state index in [0.717, 1.165) is 0 Å². The van der Waals surface area contributed by atoms with Crippen LogP contribution in [0.5, 0.6) is 0 Å². The number of hydrogen-bond donors (Lipinski definition) is 0. The van der Waals surface area contributed by atoms with E-state index in [1.54, 1.807) is 0 Å². The van der Waals surface area contributed by atoms with Crippen molar-refractivity contribution in [3.8, 4) is 0 Å². The Hall–Kier alpha value is -0.806. The first kappa shape index (κ1) is 20.2. The van der Waals surface area contributed by atoms with Gasteiger partial charge in [-0.3, -0.25) is 0 Å². The van der Waals surface area contributed by atoms with Crippen molar-refractivity contribution in [2.24, 2.45) is 0 Å². The van der Waals surface area contributed by atoms with Gasteiger partial charge in [0.1, 0.15) is 8.07 Å². The highest BCUT2D eigenvalue weighted by atomic mass is 28.4. The fourth-order valence-electron chi connectivity index (χ4n) is 3.46. The molecule has 1 aromatic rings. The zero-order valence-corrected chi connectivity index (χ0v) is 18.1. The van der Waals surface area contributed by atoms with E-state index >= 15 is 0 Å². The van der Waals surface area contributed by atoms with Crippen molar-refractivity contribution >= 4 is 22.5 Å². The standard InChI is InChI=1S/C20H36OSi2/c1-7-22(8-2,9-3)20(18-19-16-14-13-15-17-19)21-23(10-4,11-5)12-6/h13-18H,7-12H2,1-6H3/b20-18+. The van der Waals surface area contributed by atoms with E-state index in [9.17, 15) is 0 Å². The molecule has 0 N–H and O–H groups in total. The van der Waals surface area contributed by atoms with Gasteiger partial charge < -0.3 is 4.43 Å². The van der Waals surface area contributed by atoms with E-state index in [1.165, 1.54) is 47.2 Å². The van der Waals surface area contributed by atoms with Crippen LogP contribution in [-0.4, -0.2) is 16.4 Å². The van der Waals surface area contributed by atoms with Crippen molar-refractivity contribution in [2.75, 3.05) is 0 Å². The highest BCUT2D eigenvalue weighted by molar-refractivity contribution is 6.88. The highest BCUT2D eigenvalue weighted by Gasteiger charge is 2.39. The Morgan fingerprint density at radius 3 is 1.65 bits per heavy atom. The van der Waals surface area contributed by atoms with E-state index in [-0.39, 0.29) is 0 Å². The largest absolute Gasteiger partial charge is 0.550 e. The summed E-state index contributed by atoms with van der Waals surface area (Å²) in [6.07, 6.45) is 2.38. The third-order valence-corrected chi connectivity index (χ3v) is 16.0. The minimum atomic E-state index is -1.63. The van der Waals surface area contributed by atoms with Gasteiger partial charge in [-0.1, -0.05) is 90.0 Å². The van der Waals surface area contributed by atoms with Crippen molar-refractivity contribution in [1.82, 2.24) is 0 Å². The Morgan fingerprint density at radius 2 is 1.26 bits per heavy atom. The van der Waals surface area contributed by atoms with Crippen LogP contribution in [0.4, 0.5) is 0 Å². The SMILES string of the molecule is CC[Si](CC)(CC)O/C(=C\c1ccccc1)[Si](CC)(CC)CC. The van der Waals surface area contributed by atoms with Crippen molar-refractivity contribution in [1.29, 1.82) is 0 Å². The smallest absolute Gasteiger partial charge is 0.249 e. The molecule has 23 heavy (non-hydrogen) atoms. The van der Waals surface area contributed by atoms with Crippen LogP contribution in [0.1, 0.15) is 47.1 Å². The van der Waals surface area contributed by atoms with Gasteiger partial charge in [-0.05, 0) is 29.8 Å². The van der Waals surface area contributed by atoms with E-state index in [0.29, 0.717) is 0 Å². The van der Waals surface area contributed by atoms with E-state index in [2.05, 4.69) is 78.0 Å². The van der Waals surface area contributed by atoms with Crippen LogP contribution in [0, 0.1) is 0 Å². The molecule has 0 heterocycles. The van der Waals surface area contributed by atoms with Gasteiger partial charge in [-0.15, -0.1) is 0 Å². The van der Waals surface area contributed by atoms with Gasteiger partial charge in [0, 0.05) is 0 Å². The molecule has 0 spiro atoms. The molecule has 0 fully saturated rings. The summed E-state index contributed by atoms with van der Waals surface area (Å²) in [5.74, 6) is 0. The summed E-state index contributed by atoms with van der Waals surface area (Å²) in [5, 5.41) is 1.38. The third-order valence-electron chi connectivity index (χ3n) is 5.91. The van der Waals surface area contributed by atoms with E-state index in [1.807, 2.05) is 0 Å². The van der Waals surface area contributed by atoms with Crippen LogP contribution in [0.2, 0.25) is 36.3 Å². The number of rotatable bonds is 10. The lowest BCUT2D eigenvalue weighted by atomic mass is 10.2. The van der Waals surface area contributed by atoms with Crippen LogP contribution in [-0.2, 0) is 4.43 Å². The minimum absolute atomic E-state index is 1.22. The molecule has 130 valence electrons. The van der Waals surface area contributed by atoms with E-state index in [4.69, 9.17) is 4.43 Å². The normalized spacial score (nSPS) is 13.2. The molecule has 0 atom stereocenters. The van der Waals surface area contributed by atoms with Crippen LogP contribution in [0.15, 0.2) is 35.7 Å². The van der Waals surface area contributed by atoms with Gasteiger partial charge >= 0.3 is 0 Å². The zero-order chi connectivity index (χ0) is 17.3. The Labute approximate surface area is 146 Å². The molecule has 1 aromatic carbocycles. The zero-order valence-electron chi connectivity index (χ0n) is 16.1. The molecule has 0 saturated heterocycles. The second-order valence-electron chi connectivity index (χ2n) is 6.61. The lowest BCUT2D eigenvalue weighted by Gasteiger charge is -2.39. The summed E-state index contributed by atoms with van der Waals surface area (Å²) in [6, 6.07) is 18.2. The van der Waals surface area contributed by atoms with Crippen LogP contribution in [0.25, 0.3) is 6.08 Å². The summed E-state index contributed by atoms with van der Waals surface area (Å²) in [4.78, 5) is 0. The molecule has 0 aliphatic heterocycles. The summed E-state index contributed by atoms with van der Waals surface area (Å²) in [7, 11) is -3.14. The molecular weight excluding hydrogens is 312 g/mol. The molecule has 0 aliphatic rings. The second-order valence-corrected chi connectivity index (χ2v) is 16.5. The molecule has 1 nitrogen and oxygen atoms in total. The second kappa shape index (κ2) is 9.48. The Bertz CT molecular complexity index is 457. The number of hydrogen-bond acceptors (Lipinski definition) is 1. The Morgan fingerprint density at radius 1 is 0.783 bits per heavy atom. The first-order valence-electron chi connectivity index (χ1n) is 9.51. The monoisotopic (exact) mass is 348 g/mol. The Kier molecular flexibility index (Phi) is 8.34. The number of benzene rings is 1. The molecule has 0 radical (unpaired) electrons. The Balaban J connectivity index is 3.34. The molecular formula is C20H36OSi2. The predicted octanol–water partition coefficient (Wildman–Crippen LogP) is 7.10. The van der Waals surface area contributed by atoms with Gasteiger partial charge in [0.2, 0.25) is 8.32 Å². The van der Waals surface area contributed by atoms with Crippen molar-refractivity contribution in [3.63, 3.8) is 0 Å². The predicted molar refractivity (Wildman–Crippen MR) is 110 cm³/mol. The third kappa shape index (κ3) is 4.83.